The normalized spacial score (nSPS) is 13.0. The summed E-state index contributed by atoms with van der Waals surface area (Å²) in [6.07, 6.45) is 6.72. The van der Waals surface area contributed by atoms with Crippen LogP contribution in [0.4, 0.5) is 0 Å². The molecule has 1 aromatic carbocycles. The topological polar surface area (TPSA) is 369 Å². The minimum Gasteiger partial charge on any atom is -0.480 e. The van der Waals surface area contributed by atoms with E-state index < -0.39 is 60.1 Å². The molecule has 5 atom stereocenters. The molecule has 18 heteroatoms. The molecule has 17 nitrogen and oxygen atoms in total. The van der Waals surface area contributed by atoms with E-state index in [1.807, 2.05) is 50.4 Å². The minimum atomic E-state index is -0.959. The predicted octanol–water partition coefficient (Wildman–Crippen LogP) is -0.0987. The molecule has 0 aliphatic heterocycles. The molecular formula is C31H61N7O10S. The largest absolute Gasteiger partial charge is 0.480 e. The number of hydrogen-bond acceptors (Lipinski definition) is 13. The van der Waals surface area contributed by atoms with Crippen molar-refractivity contribution in [2.75, 3.05) is 25.1 Å². The summed E-state index contributed by atoms with van der Waals surface area (Å²) in [6.45, 7) is 5.00. The number of aliphatic carboxylic acids is 5. The Morgan fingerprint density at radius 3 is 1.31 bits per heavy atom. The number of nitrogens with two attached hydrogens (primary N) is 7. The number of carbonyl (C=O) groups is 5. The fraction of sp³-hybridized carbons (Fsp3) is 0.645. The monoisotopic (exact) mass is 723 g/mol. The number of carboxylic acid groups (broad SMARTS) is 5. The number of benzene rings is 1. The third-order valence-electron chi connectivity index (χ3n) is 5.93. The SMILES string of the molecule is CC(C)C[C@H](N)C(=O)O.CSCC[C@H](N)C(=O)O.NCCCC[C@H](N)C(=O)O.NCCC[C@H](N)C(=O)O.N[C@@H](Cc1ccccc1)C(=O)O. The van der Waals surface area contributed by atoms with Gasteiger partial charge in [-0.05, 0) is 81.5 Å². The first-order valence-electron chi connectivity index (χ1n) is 15.6. The first-order chi connectivity index (χ1) is 22.8. The van der Waals surface area contributed by atoms with E-state index in [2.05, 4.69) is 0 Å². The first kappa shape index (κ1) is 52.5. The van der Waals surface area contributed by atoms with Crippen LogP contribution < -0.4 is 40.1 Å². The van der Waals surface area contributed by atoms with Crippen molar-refractivity contribution in [2.24, 2.45) is 46.1 Å². The van der Waals surface area contributed by atoms with Gasteiger partial charge in [0.1, 0.15) is 30.2 Å². The van der Waals surface area contributed by atoms with Crippen molar-refractivity contribution >= 4 is 41.6 Å². The number of carboxylic acids is 5. The molecule has 0 unspecified atom stereocenters. The third-order valence-corrected chi connectivity index (χ3v) is 6.58. The smallest absolute Gasteiger partial charge is 0.320 e. The molecule has 19 N–H and O–H groups in total. The zero-order valence-corrected chi connectivity index (χ0v) is 29.7. The van der Waals surface area contributed by atoms with Crippen LogP contribution in [0.2, 0.25) is 0 Å². The Labute approximate surface area is 293 Å². The highest BCUT2D eigenvalue weighted by Crippen LogP contribution is 2.02. The maximum absolute atomic E-state index is 10.4. The van der Waals surface area contributed by atoms with Crippen molar-refractivity contribution in [3.63, 3.8) is 0 Å². The Morgan fingerprint density at radius 1 is 0.592 bits per heavy atom. The second-order valence-electron chi connectivity index (χ2n) is 11.0. The second-order valence-corrected chi connectivity index (χ2v) is 12.0. The van der Waals surface area contributed by atoms with Crippen molar-refractivity contribution in [1.82, 2.24) is 0 Å². The summed E-state index contributed by atoms with van der Waals surface area (Å²) in [4.78, 5) is 50.7. The average Bonchev–Trinajstić information content (AvgIpc) is 3.03. The molecule has 0 aliphatic carbocycles. The average molecular weight is 724 g/mol. The molecule has 0 aliphatic rings. The van der Waals surface area contributed by atoms with Crippen molar-refractivity contribution < 1.29 is 49.5 Å². The molecule has 0 bridgehead atoms. The van der Waals surface area contributed by atoms with Crippen molar-refractivity contribution in [2.45, 2.75) is 95.4 Å². The molecule has 0 spiro atoms. The molecular weight excluding hydrogens is 662 g/mol. The Balaban J connectivity index is -0.000000260. The predicted molar refractivity (Wildman–Crippen MR) is 192 cm³/mol. The molecule has 0 amide bonds. The highest BCUT2D eigenvalue weighted by atomic mass is 32.2. The Hall–Kier alpha value is -3.36. The van der Waals surface area contributed by atoms with Gasteiger partial charge >= 0.3 is 29.8 Å². The van der Waals surface area contributed by atoms with Crippen LogP contribution in [0.1, 0.15) is 64.4 Å². The molecule has 286 valence electrons. The number of thioether (sulfide) groups is 1. The number of rotatable bonds is 19. The number of unbranched alkanes of at least 4 members (excludes halogenated alkanes) is 1. The zero-order chi connectivity index (χ0) is 38.9. The summed E-state index contributed by atoms with van der Waals surface area (Å²) in [6, 6.07) is 5.71. The Bertz CT molecular complexity index is 986. The van der Waals surface area contributed by atoms with Gasteiger partial charge < -0.3 is 65.7 Å². The van der Waals surface area contributed by atoms with Gasteiger partial charge in [-0.1, -0.05) is 50.6 Å². The summed E-state index contributed by atoms with van der Waals surface area (Å²) in [5.41, 5.74) is 37.4. The molecule has 0 saturated heterocycles. The van der Waals surface area contributed by atoms with E-state index >= 15 is 0 Å². The van der Waals surface area contributed by atoms with Crippen LogP contribution >= 0.6 is 11.8 Å². The summed E-state index contributed by atoms with van der Waals surface area (Å²) < 4.78 is 0. The first-order valence-corrected chi connectivity index (χ1v) is 17.0. The summed E-state index contributed by atoms with van der Waals surface area (Å²) in [7, 11) is 0. The molecule has 0 saturated carbocycles. The van der Waals surface area contributed by atoms with Gasteiger partial charge in [-0.25, -0.2) is 0 Å². The zero-order valence-electron chi connectivity index (χ0n) is 28.9. The van der Waals surface area contributed by atoms with Crippen LogP contribution in [0.15, 0.2) is 30.3 Å². The molecule has 0 heterocycles. The van der Waals surface area contributed by atoms with E-state index in [1.54, 1.807) is 11.8 Å². The Morgan fingerprint density at radius 2 is 0.980 bits per heavy atom. The van der Waals surface area contributed by atoms with Crippen molar-refractivity contribution in [3.05, 3.63) is 35.9 Å². The van der Waals surface area contributed by atoms with Crippen LogP contribution in [0.5, 0.6) is 0 Å². The lowest BCUT2D eigenvalue weighted by Gasteiger charge is -2.07. The lowest BCUT2D eigenvalue weighted by Crippen LogP contribution is -2.32. The lowest BCUT2D eigenvalue weighted by molar-refractivity contribution is -0.139. The van der Waals surface area contributed by atoms with Crippen LogP contribution in [0, 0.1) is 5.92 Å². The highest BCUT2D eigenvalue weighted by Gasteiger charge is 2.13. The van der Waals surface area contributed by atoms with Crippen molar-refractivity contribution in [3.8, 4) is 0 Å². The molecule has 0 aromatic heterocycles. The van der Waals surface area contributed by atoms with Crippen LogP contribution in [0.25, 0.3) is 0 Å². The Kier molecular flexibility index (Phi) is 36.9. The molecule has 1 rings (SSSR count). The van der Waals surface area contributed by atoms with E-state index in [0.717, 1.165) is 24.2 Å². The summed E-state index contributed by atoms with van der Waals surface area (Å²) in [5, 5.41) is 41.7. The van der Waals surface area contributed by atoms with Gasteiger partial charge in [-0.3, -0.25) is 24.0 Å². The maximum atomic E-state index is 10.4. The summed E-state index contributed by atoms with van der Waals surface area (Å²) >= 11 is 1.60. The van der Waals surface area contributed by atoms with Gasteiger partial charge in [-0.2, -0.15) is 11.8 Å². The second kappa shape index (κ2) is 34.5. The lowest BCUT2D eigenvalue weighted by atomic mass is 10.1. The molecule has 0 fully saturated rings. The van der Waals surface area contributed by atoms with Gasteiger partial charge in [0.15, 0.2) is 0 Å². The summed E-state index contributed by atoms with van der Waals surface area (Å²) in [5.74, 6) is -3.50. The fourth-order valence-electron chi connectivity index (χ4n) is 3.03. The minimum absolute atomic E-state index is 0.357. The fourth-order valence-corrected chi connectivity index (χ4v) is 3.52. The van der Waals surface area contributed by atoms with Gasteiger partial charge in [0.25, 0.3) is 0 Å². The van der Waals surface area contributed by atoms with E-state index in [9.17, 15) is 24.0 Å². The van der Waals surface area contributed by atoms with E-state index in [-0.39, 0.29) is 0 Å². The standard InChI is InChI=1S/C9H11NO2.C6H14N2O2.C6H13NO2.C5H12N2O2.C5H11NO2S/c10-8(9(11)12)6-7-4-2-1-3-5-7;7-4-2-1-3-5(8)6(9)10;1-4(2)3-5(7)6(8)9;6-3-1-2-4(7)5(8)9;1-9-3-2-4(6)5(7)8/h1-5,8H,6,10H2,(H,11,12);5H,1-4,7-8H2,(H,9,10);4-5H,3,7H2,1-2H3,(H,8,9);4H,1-3,6-7H2,(H,8,9);4H,2-3,6H2,1H3,(H,7,8)/t8-;2*5-;2*4-/m00000/s1. The van der Waals surface area contributed by atoms with Crippen LogP contribution in [-0.2, 0) is 30.4 Å². The van der Waals surface area contributed by atoms with Crippen molar-refractivity contribution in [1.29, 1.82) is 0 Å². The number of hydrogen-bond donors (Lipinski definition) is 12. The maximum Gasteiger partial charge on any atom is 0.320 e. The quantitative estimate of drug-likeness (QED) is 0.0829. The van der Waals surface area contributed by atoms with E-state index in [1.165, 1.54) is 0 Å². The van der Waals surface area contributed by atoms with Gasteiger partial charge in [-0.15, -0.1) is 0 Å². The molecule has 0 radical (unpaired) electrons. The van der Waals surface area contributed by atoms with E-state index in [4.69, 9.17) is 65.7 Å². The van der Waals surface area contributed by atoms with Gasteiger partial charge in [0.05, 0.1) is 0 Å². The van der Waals surface area contributed by atoms with Gasteiger partial charge in [0, 0.05) is 0 Å². The van der Waals surface area contributed by atoms with Crippen LogP contribution in [0.3, 0.4) is 0 Å². The molecule has 1 aromatic rings. The molecule has 49 heavy (non-hydrogen) atoms. The third kappa shape index (κ3) is 39.0. The van der Waals surface area contributed by atoms with E-state index in [0.29, 0.717) is 57.5 Å². The van der Waals surface area contributed by atoms with Gasteiger partial charge in [0.2, 0.25) is 0 Å². The van der Waals surface area contributed by atoms with Crippen LogP contribution in [-0.4, -0.2) is 111 Å². The highest BCUT2D eigenvalue weighted by molar-refractivity contribution is 7.98.